The van der Waals surface area contributed by atoms with Crippen LogP contribution >= 0.6 is 23.3 Å². The maximum atomic E-state index is 12.9. The Morgan fingerprint density at radius 2 is 1.97 bits per heavy atom. The van der Waals surface area contributed by atoms with E-state index < -0.39 is 27.2 Å². The van der Waals surface area contributed by atoms with E-state index in [0.717, 1.165) is 23.3 Å². The lowest BCUT2D eigenvalue weighted by Crippen LogP contribution is -2.45. The maximum Gasteiger partial charge on any atom is 0.410 e. The lowest BCUT2D eigenvalue weighted by molar-refractivity contribution is -0.763. The molecule has 14 heteroatoms. The van der Waals surface area contributed by atoms with Crippen LogP contribution in [-0.4, -0.2) is 48.9 Å². The van der Waals surface area contributed by atoms with E-state index in [1.807, 2.05) is 0 Å². The molecular weight excluding hydrogens is 480 g/mol. The Bertz CT molecular complexity index is 1090. The summed E-state index contributed by atoms with van der Waals surface area (Å²) in [6, 6.07) is 7.87. The highest BCUT2D eigenvalue weighted by molar-refractivity contribution is 7.99. The lowest BCUT2D eigenvalue weighted by atomic mass is 10.1. The zero-order valence-electron chi connectivity index (χ0n) is 17.3. The van der Waals surface area contributed by atoms with Crippen LogP contribution in [0.25, 0.3) is 0 Å². The van der Waals surface area contributed by atoms with E-state index in [4.69, 9.17) is 9.88 Å². The van der Waals surface area contributed by atoms with Gasteiger partial charge in [0.1, 0.15) is 17.4 Å². The van der Waals surface area contributed by atoms with Crippen LogP contribution in [0.4, 0.5) is 4.79 Å². The Balaban J connectivity index is 1.72. The fourth-order valence-corrected chi connectivity index (χ4v) is 6.93. The first-order valence-electron chi connectivity index (χ1n) is 9.42. The average Bonchev–Trinajstić information content (AvgIpc) is 3.21. The molecule has 3 rings (SSSR count). The summed E-state index contributed by atoms with van der Waals surface area (Å²) in [4.78, 5) is 28.9. The van der Waals surface area contributed by atoms with E-state index >= 15 is 0 Å². The molecule has 174 valence electrons. The van der Waals surface area contributed by atoms with Gasteiger partial charge in [-0.05, 0) is 36.1 Å². The van der Waals surface area contributed by atoms with Gasteiger partial charge < -0.3 is 14.5 Å². The molecule has 0 bridgehead atoms. The van der Waals surface area contributed by atoms with Gasteiger partial charge >= 0.3 is 6.09 Å². The lowest BCUT2D eigenvalue weighted by Gasteiger charge is -2.36. The van der Waals surface area contributed by atoms with Crippen molar-refractivity contribution in [2.75, 3.05) is 20.1 Å². The van der Waals surface area contributed by atoms with E-state index in [9.17, 15) is 23.3 Å². The normalized spacial score (nSPS) is 17.4. The van der Waals surface area contributed by atoms with Crippen molar-refractivity contribution in [3.8, 4) is 0 Å². The predicted molar refractivity (Wildman–Crippen MR) is 118 cm³/mol. The second-order valence-electron chi connectivity index (χ2n) is 6.88. The number of carbonyl (C=O) groups excluding carboxylic acids is 1. The Hall–Kier alpha value is -2.39. The smallest absolute Gasteiger partial charge is 0.410 e. The number of benzene rings is 1. The van der Waals surface area contributed by atoms with Gasteiger partial charge in [0, 0.05) is 25.7 Å². The Morgan fingerprint density at radius 3 is 2.53 bits per heavy atom. The molecule has 1 unspecified atom stereocenters. The number of nitrogens with two attached hydrogens (primary N) is 1. The summed E-state index contributed by atoms with van der Waals surface area (Å²) < 4.78 is 32.9. The van der Waals surface area contributed by atoms with Crippen LogP contribution < -0.4 is 5.14 Å². The van der Waals surface area contributed by atoms with Gasteiger partial charge in [0.05, 0.1) is 10.3 Å². The summed E-state index contributed by atoms with van der Waals surface area (Å²) in [5.41, 5.74) is 1.84. The van der Waals surface area contributed by atoms with Crippen molar-refractivity contribution in [3.05, 3.63) is 57.1 Å². The van der Waals surface area contributed by atoms with Crippen LogP contribution in [0.1, 0.15) is 29.7 Å². The largest absolute Gasteiger partial charge is 0.445 e. The van der Waals surface area contributed by atoms with Gasteiger partial charge in [0.25, 0.3) is 15.1 Å². The number of thiophene rings is 1. The zero-order valence-corrected chi connectivity index (χ0v) is 19.7. The average molecular weight is 503 g/mol. The summed E-state index contributed by atoms with van der Waals surface area (Å²) in [6.45, 7) is 2.04. The Morgan fingerprint density at radius 1 is 1.34 bits per heavy atom. The number of fused-ring (bicyclic) bond motifs is 1. The fourth-order valence-electron chi connectivity index (χ4n) is 3.27. The standard InChI is InChI=1S/C18H22N4O7S3/c1-3-21(15-9-20(2)32(26,27)17-14(15)8-16(30-17)31-19)18(23)28-10-12-4-6-13(7-5-12)11-29-22(24)25/h4-8,15H,3,9-11,19H2,1-2H3. The third-order valence-corrected chi connectivity index (χ3v) is 9.11. The summed E-state index contributed by atoms with van der Waals surface area (Å²) in [7, 11) is -2.15. The number of hydrogen-bond acceptors (Lipinski definition) is 10. The second-order valence-corrected chi connectivity index (χ2v) is 11.1. The molecule has 0 spiro atoms. The summed E-state index contributed by atoms with van der Waals surface area (Å²) in [5.74, 6) is 0. The molecule has 2 heterocycles. The van der Waals surface area contributed by atoms with Crippen LogP contribution in [-0.2, 0) is 32.8 Å². The predicted octanol–water partition coefficient (Wildman–Crippen LogP) is 2.76. The van der Waals surface area contributed by atoms with Crippen molar-refractivity contribution >= 4 is 39.4 Å². The molecule has 0 radical (unpaired) electrons. The second kappa shape index (κ2) is 10.0. The number of sulfonamides is 1. The molecule has 1 amide bonds. The van der Waals surface area contributed by atoms with Crippen molar-refractivity contribution < 1.29 is 27.9 Å². The van der Waals surface area contributed by atoms with Gasteiger partial charge in [-0.1, -0.05) is 24.3 Å². The highest BCUT2D eigenvalue weighted by atomic mass is 32.3. The van der Waals surface area contributed by atoms with Gasteiger partial charge in [0.15, 0.2) is 0 Å². The molecule has 2 aromatic rings. The molecule has 0 aliphatic carbocycles. The molecule has 1 atom stereocenters. The van der Waals surface area contributed by atoms with Gasteiger partial charge in [-0.15, -0.1) is 21.5 Å². The molecule has 32 heavy (non-hydrogen) atoms. The molecule has 1 aromatic carbocycles. The first kappa shape index (κ1) is 24.3. The van der Waals surface area contributed by atoms with Gasteiger partial charge in [-0.2, -0.15) is 4.31 Å². The van der Waals surface area contributed by atoms with Crippen molar-refractivity contribution in [1.29, 1.82) is 0 Å². The number of carbonyl (C=O) groups is 1. The third-order valence-electron chi connectivity index (χ3n) is 4.93. The van der Waals surface area contributed by atoms with Crippen molar-refractivity contribution in [2.45, 2.75) is 34.6 Å². The minimum atomic E-state index is -3.63. The molecule has 1 aliphatic rings. The van der Waals surface area contributed by atoms with Gasteiger partial charge in [-0.25, -0.2) is 13.2 Å². The number of hydrogen-bond donors (Lipinski definition) is 1. The van der Waals surface area contributed by atoms with E-state index in [2.05, 4.69) is 4.84 Å². The van der Waals surface area contributed by atoms with E-state index in [1.165, 1.54) is 16.3 Å². The number of ether oxygens (including phenoxy) is 1. The van der Waals surface area contributed by atoms with Crippen LogP contribution in [0.3, 0.4) is 0 Å². The minimum absolute atomic E-state index is 0.00698. The molecule has 1 aromatic heterocycles. The molecule has 11 nitrogen and oxygen atoms in total. The number of nitrogens with zero attached hydrogens (tertiary/aromatic N) is 3. The van der Waals surface area contributed by atoms with Crippen LogP contribution in [0, 0.1) is 10.1 Å². The fraction of sp³-hybridized carbons (Fsp3) is 0.389. The van der Waals surface area contributed by atoms with E-state index in [-0.39, 0.29) is 24.0 Å². The van der Waals surface area contributed by atoms with Crippen LogP contribution in [0.5, 0.6) is 0 Å². The summed E-state index contributed by atoms with van der Waals surface area (Å²) in [6.07, 6.45) is -0.579. The quantitative estimate of drug-likeness (QED) is 0.327. The molecule has 2 N–H and O–H groups in total. The van der Waals surface area contributed by atoms with Crippen molar-refractivity contribution in [2.24, 2.45) is 5.14 Å². The molecule has 0 saturated carbocycles. The highest BCUT2D eigenvalue weighted by Crippen LogP contribution is 2.42. The molecule has 1 aliphatic heterocycles. The van der Waals surface area contributed by atoms with Crippen LogP contribution in [0.2, 0.25) is 0 Å². The molecule has 0 fully saturated rings. The molecule has 0 saturated heterocycles. The number of amides is 1. The summed E-state index contributed by atoms with van der Waals surface area (Å²) >= 11 is 2.05. The maximum absolute atomic E-state index is 12.9. The van der Waals surface area contributed by atoms with Crippen molar-refractivity contribution in [1.82, 2.24) is 9.21 Å². The van der Waals surface area contributed by atoms with E-state index in [0.29, 0.717) is 27.4 Å². The first-order valence-corrected chi connectivity index (χ1v) is 12.6. The summed E-state index contributed by atoms with van der Waals surface area (Å²) in [5, 5.41) is 15.0. The SMILES string of the molecule is CCN(C(=O)OCc1ccc(CO[N+](=O)[O-])cc1)C1CN(C)S(=O)(=O)c2sc(SN)cc21. The topological polar surface area (TPSA) is 145 Å². The highest BCUT2D eigenvalue weighted by Gasteiger charge is 2.41. The third kappa shape index (κ3) is 5.15. The Labute approximate surface area is 193 Å². The number of rotatable bonds is 8. The number of likely N-dealkylation sites (N-methyl/N-ethyl adjacent to an activating group) is 2. The van der Waals surface area contributed by atoms with Gasteiger partial charge in [0.2, 0.25) is 0 Å². The van der Waals surface area contributed by atoms with Crippen molar-refractivity contribution in [3.63, 3.8) is 0 Å². The van der Waals surface area contributed by atoms with Crippen LogP contribution in [0.15, 0.2) is 38.8 Å². The Kier molecular flexibility index (Phi) is 7.61. The van der Waals surface area contributed by atoms with Gasteiger partial charge in [-0.3, -0.25) is 5.14 Å². The first-order chi connectivity index (χ1) is 15.2. The minimum Gasteiger partial charge on any atom is -0.445 e. The zero-order chi connectivity index (χ0) is 23.5. The monoisotopic (exact) mass is 502 g/mol. The molecular formula is C18H22N4O7S3. The van der Waals surface area contributed by atoms with E-state index in [1.54, 1.807) is 37.3 Å².